The van der Waals surface area contributed by atoms with Gasteiger partial charge in [0, 0.05) is 6.54 Å². The number of hydrogen-bond donors (Lipinski definition) is 1. The fourth-order valence-electron chi connectivity index (χ4n) is 1.74. The molecule has 6 heteroatoms. The molecule has 96 valence electrons. The van der Waals surface area contributed by atoms with Crippen molar-refractivity contribution < 1.29 is 5.11 Å². The van der Waals surface area contributed by atoms with E-state index in [1.54, 1.807) is 0 Å². The second kappa shape index (κ2) is 5.16. The zero-order valence-electron chi connectivity index (χ0n) is 9.78. The van der Waals surface area contributed by atoms with E-state index in [1.807, 2.05) is 6.92 Å². The number of phenolic OH excluding ortho intramolecular Hbond substituents is 1. The molecule has 0 saturated carbocycles. The Morgan fingerprint density at radius 3 is 2.78 bits per heavy atom. The molecular weight excluding hydrogens is 275 g/mol. The lowest BCUT2D eigenvalue weighted by molar-refractivity contribution is 0.480. The van der Waals surface area contributed by atoms with Gasteiger partial charge in [0.25, 0.3) is 5.56 Å². The summed E-state index contributed by atoms with van der Waals surface area (Å²) in [5.41, 5.74) is -0.115. The van der Waals surface area contributed by atoms with Crippen molar-refractivity contribution >= 4 is 34.1 Å². The van der Waals surface area contributed by atoms with Gasteiger partial charge in [-0.25, -0.2) is 4.98 Å². The summed E-state index contributed by atoms with van der Waals surface area (Å²) in [5.74, 6) is -0.212. The highest BCUT2D eigenvalue weighted by Crippen LogP contribution is 2.34. The smallest absolute Gasteiger partial charge is 0.262 e. The number of unbranched alkanes of at least 4 members (excludes halogenated alkanes) is 1. The van der Waals surface area contributed by atoms with Gasteiger partial charge in [-0.05, 0) is 12.5 Å². The molecule has 0 amide bonds. The molecule has 1 aromatic carbocycles. The number of halogens is 2. The maximum absolute atomic E-state index is 12.2. The molecule has 2 aromatic rings. The number of phenols is 1. The first-order valence-electron chi connectivity index (χ1n) is 5.62. The Hall–Kier alpha value is -1.26. The Morgan fingerprint density at radius 1 is 1.39 bits per heavy atom. The number of benzene rings is 1. The molecule has 0 spiro atoms. The van der Waals surface area contributed by atoms with E-state index >= 15 is 0 Å². The third-order valence-electron chi connectivity index (χ3n) is 2.73. The van der Waals surface area contributed by atoms with E-state index in [1.165, 1.54) is 17.0 Å². The maximum atomic E-state index is 12.2. The van der Waals surface area contributed by atoms with Crippen molar-refractivity contribution in [3.8, 4) is 5.75 Å². The summed E-state index contributed by atoms with van der Waals surface area (Å²) in [4.78, 5) is 16.3. The van der Waals surface area contributed by atoms with Gasteiger partial charge >= 0.3 is 0 Å². The van der Waals surface area contributed by atoms with Crippen LogP contribution in [0.1, 0.15) is 19.8 Å². The minimum Gasteiger partial charge on any atom is -0.504 e. The summed E-state index contributed by atoms with van der Waals surface area (Å²) in [6.07, 6.45) is 3.26. The molecule has 0 unspecified atom stereocenters. The van der Waals surface area contributed by atoms with Gasteiger partial charge in [0.15, 0.2) is 5.75 Å². The number of fused-ring (bicyclic) bond motifs is 1. The van der Waals surface area contributed by atoms with Crippen molar-refractivity contribution in [3.63, 3.8) is 0 Å². The Bertz CT molecular complexity index is 653. The highest BCUT2D eigenvalue weighted by molar-refractivity contribution is 6.39. The number of aryl methyl sites for hydroxylation is 1. The van der Waals surface area contributed by atoms with E-state index in [-0.39, 0.29) is 32.3 Å². The quantitative estimate of drug-likeness (QED) is 0.943. The van der Waals surface area contributed by atoms with Gasteiger partial charge in [0.1, 0.15) is 5.52 Å². The molecule has 1 heterocycles. The van der Waals surface area contributed by atoms with Gasteiger partial charge in [-0.3, -0.25) is 9.36 Å². The average Bonchev–Trinajstić information content (AvgIpc) is 2.34. The molecule has 0 fully saturated rings. The molecule has 0 bridgehead atoms. The summed E-state index contributed by atoms with van der Waals surface area (Å²) in [6.45, 7) is 2.62. The van der Waals surface area contributed by atoms with Crippen molar-refractivity contribution in [3.05, 3.63) is 32.8 Å². The highest BCUT2D eigenvalue weighted by atomic mass is 35.5. The van der Waals surface area contributed by atoms with Crippen LogP contribution in [-0.4, -0.2) is 14.7 Å². The Kier molecular flexibility index (Phi) is 3.78. The lowest BCUT2D eigenvalue weighted by Crippen LogP contribution is -2.21. The van der Waals surface area contributed by atoms with Gasteiger partial charge in [-0.1, -0.05) is 36.5 Å². The highest BCUT2D eigenvalue weighted by Gasteiger charge is 2.14. The van der Waals surface area contributed by atoms with Crippen molar-refractivity contribution in [2.75, 3.05) is 0 Å². The normalized spacial score (nSPS) is 11.1. The molecule has 18 heavy (non-hydrogen) atoms. The van der Waals surface area contributed by atoms with Crippen LogP contribution in [-0.2, 0) is 6.54 Å². The predicted octanol–water partition coefficient (Wildman–Crippen LogP) is 3.21. The number of aromatic nitrogens is 2. The van der Waals surface area contributed by atoms with Crippen LogP contribution >= 0.6 is 23.2 Å². The van der Waals surface area contributed by atoms with Gasteiger partial charge in [-0.15, -0.1) is 0 Å². The topological polar surface area (TPSA) is 55.1 Å². The first kappa shape index (κ1) is 13.2. The largest absolute Gasteiger partial charge is 0.504 e. The molecule has 1 aromatic heterocycles. The lowest BCUT2D eigenvalue weighted by atomic mass is 10.2. The van der Waals surface area contributed by atoms with E-state index in [2.05, 4.69) is 4.98 Å². The van der Waals surface area contributed by atoms with Gasteiger partial charge in [-0.2, -0.15) is 0 Å². The minimum atomic E-state index is -0.259. The fourth-order valence-corrected chi connectivity index (χ4v) is 2.27. The molecular formula is C12H12Cl2N2O2. The van der Waals surface area contributed by atoms with Gasteiger partial charge in [0.2, 0.25) is 0 Å². The minimum absolute atomic E-state index is 0.0886. The van der Waals surface area contributed by atoms with E-state index in [0.717, 1.165) is 12.8 Å². The second-order valence-electron chi connectivity index (χ2n) is 4.01. The lowest BCUT2D eigenvalue weighted by Gasteiger charge is -2.08. The van der Waals surface area contributed by atoms with Crippen molar-refractivity contribution in [2.24, 2.45) is 0 Å². The SMILES string of the molecule is CCCCn1cnc2c(O)c(Cl)cc(Cl)c2c1=O. The number of hydrogen-bond acceptors (Lipinski definition) is 3. The van der Waals surface area contributed by atoms with Crippen LogP contribution < -0.4 is 5.56 Å². The molecule has 0 aliphatic rings. The predicted molar refractivity (Wildman–Crippen MR) is 72.6 cm³/mol. The number of aromatic hydroxyl groups is 1. The number of nitrogens with zero attached hydrogens (tertiary/aromatic N) is 2. The molecule has 4 nitrogen and oxygen atoms in total. The van der Waals surface area contributed by atoms with Crippen LogP contribution in [0.15, 0.2) is 17.2 Å². The first-order chi connectivity index (χ1) is 8.56. The first-order valence-corrected chi connectivity index (χ1v) is 6.38. The summed E-state index contributed by atoms with van der Waals surface area (Å²) >= 11 is 11.8. The second-order valence-corrected chi connectivity index (χ2v) is 4.82. The van der Waals surface area contributed by atoms with Crippen molar-refractivity contribution in [1.29, 1.82) is 0 Å². The average molecular weight is 287 g/mol. The molecule has 0 atom stereocenters. The molecule has 0 radical (unpaired) electrons. The van der Waals surface area contributed by atoms with Crippen LogP contribution in [0.25, 0.3) is 10.9 Å². The molecule has 0 aliphatic heterocycles. The van der Waals surface area contributed by atoms with E-state index in [0.29, 0.717) is 6.54 Å². The van der Waals surface area contributed by atoms with E-state index in [4.69, 9.17) is 23.2 Å². The Labute approximate surface area is 114 Å². The Balaban J connectivity index is 2.71. The zero-order chi connectivity index (χ0) is 13.3. The fraction of sp³-hybridized carbons (Fsp3) is 0.333. The Morgan fingerprint density at radius 2 is 2.11 bits per heavy atom. The zero-order valence-corrected chi connectivity index (χ0v) is 11.3. The summed E-state index contributed by atoms with van der Waals surface area (Å²) in [5, 5.41) is 10.3. The van der Waals surface area contributed by atoms with Crippen molar-refractivity contribution in [1.82, 2.24) is 9.55 Å². The van der Waals surface area contributed by atoms with Gasteiger partial charge in [0.05, 0.1) is 21.8 Å². The van der Waals surface area contributed by atoms with Crippen LogP contribution in [0.5, 0.6) is 5.75 Å². The third kappa shape index (κ3) is 2.18. The van der Waals surface area contributed by atoms with Crippen LogP contribution in [0.2, 0.25) is 10.0 Å². The van der Waals surface area contributed by atoms with Crippen molar-refractivity contribution in [2.45, 2.75) is 26.3 Å². The molecule has 1 N–H and O–H groups in total. The molecule has 0 aliphatic carbocycles. The van der Waals surface area contributed by atoms with Crippen LogP contribution in [0.4, 0.5) is 0 Å². The molecule has 0 saturated heterocycles. The summed E-state index contributed by atoms with van der Waals surface area (Å²) in [7, 11) is 0. The standard InChI is InChI=1S/C12H12Cl2N2O2/c1-2-3-4-16-6-15-10-9(12(16)18)7(13)5-8(14)11(10)17/h5-6,17H,2-4H2,1H3. The van der Waals surface area contributed by atoms with Gasteiger partial charge < -0.3 is 5.11 Å². The van der Waals surface area contributed by atoms with E-state index in [9.17, 15) is 9.90 Å². The molecule has 2 rings (SSSR count). The third-order valence-corrected chi connectivity index (χ3v) is 3.32. The van der Waals surface area contributed by atoms with E-state index < -0.39 is 0 Å². The monoisotopic (exact) mass is 286 g/mol. The van der Waals surface area contributed by atoms with Crippen LogP contribution in [0, 0.1) is 0 Å². The maximum Gasteiger partial charge on any atom is 0.262 e. The number of rotatable bonds is 3. The summed E-state index contributed by atoms with van der Waals surface area (Å²) in [6, 6.07) is 1.36. The summed E-state index contributed by atoms with van der Waals surface area (Å²) < 4.78 is 1.49. The van der Waals surface area contributed by atoms with Crippen LogP contribution in [0.3, 0.4) is 0 Å².